The van der Waals surface area contributed by atoms with Gasteiger partial charge >= 0.3 is 0 Å². The number of imidazole rings is 1. The van der Waals surface area contributed by atoms with E-state index in [0.717, 1.165) is 29.6 Å². The van der Waals surface area contributed by atoms with Crippen molar-refractivity contribution in [3.63, 3.8) is 0 Å². The van der Waals surface area contributed by atoms with Crippen LogP contribution in [0.15, 0.2) is 90.0 Å². The van der Waals surface area contributed by atoms with Crippen LogP contribution in [-0.2, 0) is 12.8 Å². The number of benzene rings is 3. The maximum atomic E-state index is 4.65. The molecule has 26 heavy (non-hydrogen) atoms. The number of aromatic nitrogens is 2. The summed E-state index contributed by atoms with van der Waals surface area (Å²) in [5.41, 5.74) is 8.57. The van der Waals surface area contributed by atoms with E-state index in [1.165, 1.54) is 11.1 Å². The Kier molecular flexibility index (Phi) is 4.74. The molecular weight excluding hydrogens is 320 g/mol. The van der Waals surface area contributed by atoms with E-state index in [2.05, 4.69) is 69.0 Å². The Bertz CT molecular complexity index is 927. The van der Waals surface area contributed by atoms with Crippen LogP contribution in [0.5, 0.6) is 0 Å². The number of nitrogens with zero attached hydrogens (tertiary/aromatic N) is 2. The maximum Gasteiger partial charge on any atom is 0.222 e. The number of hydrazone groups is 1. The number of H-pyrrole nitrogens is 1. The minimum atomic E-state index is 0.657. The van der Waals surface area contributed by atoms with Gasteiger partial charge < -0.3 is 4.98 Å². The lowest BCUT2D eigenvalue weighted by molar-refractivity contribution is 1.14. The zero-order valence-electron chi connectivity index (χ0n) is 14.4. The van der Waals surface area contributed by atoms with Crippen LogP contribution in [-0.4, -0.2) is 15.7 Å². The van der Waals surface area contributed by atoms with Crippen LogP contribution in [0.2, 0.25) is 0 Å². The van der Waals surface area contributed by atoms with Gasteiger partial charge in [-0.25, -0.2) is 10.4 Å². The molecule has 1 aromatic heterocycles. The van der Waals surface area contributed by atoms with Crippen LogP contribution < -0.4 is 5.43 Å². The summed E-state index contributed by atoms with van der Waals surface area (Å²) in [6.07, 6.45) is 1.59. The van der Waals surface area contributed by atoms with Gasteiger partial charge in [0.05, 0.1) is 11.0 Å². The Morgan fingerprint density at radius 3 is 1.96 bits per heavy atom. The molecule has 128 valence electrons. The lowest BCUT2D eigenvalue weighted by Crippen LogP contribution is -2.10. The van der Waals surface area contributed by atoms with Gasteiger partial charge in [-0.3, -0.25) is 0 Å². The summed E-state index contributed by atoms with van der Waals surface area (Å²) in [6, 6.07) is 28.8. The molecule has 4 heteroatoms. The van der Waals surface area contributed by atoms with Crippen molar-refractivity contribution in [2.45, 2.75) is 12.8 Å². The molecule has 4 nitrogen and oxygen atoms in total. The first-order valence-corrected chi connectivity index (χ1v) is 8.71. The molecule has 0 aliphatic rings. The molecule has 3 aromatic carbocycles. The van der Waals surface area contributed by atoms with Gasteiger partial charge in [0.15, 0.2) is 0 Å². The predicted octanol–water partition coefficient (Wildman–Crippen LogP) is 4.82. The molecule has 0 amide bonds. The van der Waals surface area contributed by atoms with E-state index in [0.29, 0.717) is 5.95 Å². The maximum absolute atomic E-state index is 4.65. The van der Waals surface area contributed by atoms with Crippen molar-refractivity contribution in [3.05, 3.63) is 96.1 Å². The third-order valence-electron chi connectivity index (χ3n) is 4.21. The minimum Gasteiger partial charge on any atom is -0.323 e. The Morgan fingerprint density at radius 1 is 0.769 bits per heavy atom. The standard InChI is InChI=1S/C22H20N4/c1-3-9-17(10-4-1)15-19(16-18-11-5-2-6-12-18)25-26-22-23-20-13-7-8-14-21(20)24-22/h1-14H,15-16H2,(H2,23,24,26). The first-order chi connectivity index (χ1) is 12.9. The minimum absolute atomic E-state index is 0.657. The molecule has 0 radical (unpaired) electrons. The van der Waals surface area contributed by atoms with Crippen molar-refractivity contribution >= 4 is 22.7 Å². The summed E-state index contributed by atoms with van der Waals surface area (Å²) in [4.78, 5) is 7.77. The first-order valence-electron chi connectivity index (χ1n) is 8.71. The number of aromatic amines is 1. The van der Waals surface area contributed by atoms with Crippen molar-refractivity contribution in [2.24, 2.45) is 5.10 Å². The van der Waals surface area contributed by atoms with Crippen molar-refractivity contribution in [2.75, 3.05) is 5.43 Å². The van der Waals surface area contributed by atoms with Crippen LogP contribution in [0, 0.1) is 0 Å². The highest BCUT2D eigenvalue weighted by Crippen LogP contribution is 2.14. The van der Waals surface area contributed by atoms with E-state index >= 15 is 0 Å². The van der Waals surface area contributed by atoms with Crippen LogP contribution in [0.4, 0.5) is 5.95 Å². The van der Waals surface area contributed by atoms with E-state index in [4.69, 9.17) is 0 Å². The van der Waals surface area contributed by atoms with Gasteiger partial charge in [-0.2, -0.15) is 5.10 Å². The summed E-state index contributed by atoms with van der Waals surface area (Å²) >= 11 is 0. The summed E-state index contributed by atoms with van der Waals surface area (Å²) in [7, 11) is 0. The van der Waals surface area contributed by atoms with Crippen LogP contribution in [0.25, 0.3) is 11.0 Å². The highest BCUT2D eigenvalue weighted by atomic mass is 15.4. The van der Waals surface area contributed by atoms with E-state index in [9.17, 15) is 0 Å². The van der Waals surface area contributed by atoms with Gasteiger partial charge in [0.2, 0.25) is 5.95 Å². The summed E-state index contributed by atoms with van der Waals surface area (Å²) in [5.74, 6) is 0.657. The number of hydrogen-bond donors (Lipinski definition) is 2. The monoisotopic (exact) mass is 340 g/mol. The van der Waals surface area contributed by atoms with Gasteiger partial charge in [0.1, 0.15) is 0 Å². The zero-order valence-corrected chi connectivity index (χ0v) is 14.4. The number of para-hydroxylation sites is 2. The Hall–Kier alpha value is -3.40. The van der Waals surface area contributed by atoms with E-state index in [1.54, 1.807) is 0 Å². The predicted molar refractivity (Wildman–Crippen MR) is 107 cm³/mol. The molecule has 0 saturated heterocycles. The number of rotatable bonds is 6. The van der Waals surface area contributed by atoms with Gasteiger partial charge in [-0.1, -0.05) is 72.8 Å². The lowest BCUT2D eigenvalue weighted by atomic mass is 10.0. The molecule has 0 atom stereocenters. The van der Waals surface area contributed by atoms with E-state index in [1.807, 2.05) is 36.4 Å². The molecule has 0 aliphatic heterocycles. The Balaban J connectivity index is 1.57. The topological polar surface area (TPSA) is 53.1 Å². The molecule has 0 bridgehead atoms. The van der Waals surface area contributed by atoms with Gasteiger partial charge in [0.25, 0.3) is 0 Å². The molecule has 0 fully saturated rings. The molecule has 0 spiro atoms. The second-order valence-electron chi connectivity index (χ2n) is 6.22. The normalized spacial score (nSPS) is 10.6. The number of nitrogens with one attached hydrogen (secondary N) is 2. The van der Waals surface area contributed by atoms with Gasteiger partial charge in [-0.15, -0.1) is 0 Å². The Morgan fingerprint density at radius 2 is 1.35 bits per heavy atom. The average Bonchev–Trinajstić information content (AvgIpc) is 3.11. The quantitative estimate of drug-likeness (QED) is 0.391. The Labute approximate surface area is 152 Å². The van der Waals surface area contributed by atoms with E-state index < -0.39 is 0 Å². The lowest BCUT2D eigenvalue weighted by Gasteiger charge is -2.08. The summed E-state index contributed by atoms with van der Waals surface area (Å²) < 4.78 is 0. The fraction of sp³-hybridized carbons (Fsp3) is 0.0909. The number of fused-ring (bicyclic) bond motifs is 1. The molecule has 4 rings (SSSR count). The van der Waals surface area contributed by atoms with Gasteiger partial charge in [-0.05, 0) is 23.3 Å². The van der Waals surface area contributed by atoms with Crippen LogP contribution in [0.1, 0.15) is 11.1 Å². The molecule has 0 saturated carbocycles. The van der Waals surface area contributed by atoms with Crippen LogP contribution >= 0.6 is 0 Å². The highest BCUT2D eigenvalue weighted by molar-refractivity contribution is 5.89. The SMILES string of the molecule is c1ccc(CC(Cc2ccccc2)=NNc2nc3ccccc3[nH]2)cc1. The molecular formula is C22H20N4. The molecule has 0 unspecified atom stereocenters. The van der Waals surface area contributed by atoms with E-state index in [-0.39, 0.29) is 0 Å². The summed E-state index contributed by atoms with van der Waals surface area (Å²) in [6.45, 7) is 0. The van der Waals surface area contributed by atoms with Crippen molar-refractivity contribution in [1.29, 1.82) is 0 Å². The molecule has 1 heterocycles. The second kappa shape index (κ2) is 7.66. The largest absolute Gasteiger partial charge is 0.323 e. The first kappa shape index (κ1) is 16.1. The molecule has 0 aliphatic carbocycles. The molecule has 2 N–H and O–H groups in total. The fourth-order valence-corrected chi connectivity index (χ4v) is 2.94. The smallest absolute Gasteiger partial charge is 0.222 e. The third-order valence-corrected chi connectivity index (χ3v) is 4.21. The van der Waals surface area contributed by atoms with Crippen LogP contribution in [0.3, 0.4) is 0 Å². The zero-order chi connectivity index (χ0) is 17.6. The third kappa shape index (κ3) is 3.98. The highest BCUT2D eigenvalue weighted by Gasteiger charge is 2.06. The number of hydrogen-bond acceptors (Lipinski definition) is 3. The van der Waals surface area contributed by atoms with Crippen molar-refractivity contribution < 1.29 is 0 Å². The molecule has 4 aromatic rings. The number of anilines is 1. The van der Waals surface area contributed by atoms with Gasteiger partial charge in [0, 0.05) is 18.6 Å². The fourth-order valence-electron chi connectivity index (χ4n) is 2.94. The average molecular weight is 340 g/mol. The second-order valence-corrected chi connectivity index (χ2v) is 6.22. The summed E-state index contributed by atoms with van der Waals surface area (Å²) in [5, 5.41) is 4.65. The van der Waals surface area contributed by atoms with Crippen molar-refractivity contribution in [3.8, 4) is 0 Å². The van der Waals surface area contributed by atoms with Crippen molar-refractivity contribution in [1.82, 2.24) is 9.97 Å².